The second-order valence-electron chi connectivity index (χ2n) is 13.3. The monoisotopic (exact) mass is 627 g/mol. The van der Waals surface area contributed by atoms with Gasteiger partial charge < -0.3 is 9.32 Å². The average Bonchev–Trinajstić information content (AvgIpc) is 3.82. The van der Waals surface area contributed by atoms with Crippen molar-refractivity contribution < 1.29 is 4.42 Å². The van der Waals surface area contributed by atoms with Crippen LogP contribution in [-0.4, -0.2) is 16.0 Å². The number of furan rings is 1. The van der Waals surface area contributed by atoms with Crippen LogP contribution in [0.4, 0.5) is 11.5 Å². The zero-order valence-electron chi connectivity index (χ0n) is 26.5. The number of fused-ring (bicyclic) bond motifs is 11. The summed E-state index contributed by atoms with van der Waals surface area (Å²) in [6.07, 6.45) is 5.96. The summed E-state index contributed by atoms with van der Waals surface area (Å²) in [6.45, 7) is 0. The predicted octanol–water partition coefficient (Wildman–Crippen LogP) is 11.0. The Kier molecular flexibility index (Phi) is 5.53. The largest absolute Gasteiger partial charge is 0.436 e. The van der Waals surface area contributed by atoms with Crippen LogP contribution in [0.25, 0.3) is 60.9 Å². The second-order valence-corrected chi connectivity index (χ2v) is 13.3. The summed E-state index contributed by atoms with van der Waals surface area (Å²) >= 11 is 0. The number of benzene rings is 6. The highest BCUT2D eigenvalue weighted by molar-refractivity contribution is 6.03. The van der Waals surface area contributed by atoms with E-state index in [0.29, 0.717) is 5.71 Å². The van der Waals surface area contributed by atoms with E-state index in [1.165, 1.54) is 55.4 Å². The first-order valence-electron chi connectivity index (χ1n) is 17.0. The van der Waals surface area contributed by atoms with Crippen molar-refractivity contribution in [3.05, 3.63) is 174 Å². The van der Waals surface area contributed by atoms with Crippen LogP contribution in [0.1, 0.15) is 22.6 Å². The lowest BCUT2D eigenvalue weighted by Gasteiger charge is -2.31. The Labute approximate surface area is 283 Å². The van der Waals surface area contributed by atoms with Crippen LogP contribution in [0.2, 0.25) is 0 Å². The van der Waals surface area contributed by atoms with Gasteiger partial charge in [0.25, 0.3) is 0 Å². The first-order valence-corrected chi connectivity index (χ1v) is 17.0. The van der Waals surface area contributed by atoms with Gasteiger partial charge in [0.1, 0.15) is 16.8 Å². The lowest BCUT2D eigenvalue weighted by atomic mass is 9.84. The quantitative estimate of drug-likeness (QED) is 0.195. The molecule has 0 N–H and O–H groups in total. The third-order valence-electron chi connectivity index (χ3n) is 10.7. The molecule has 6 aromatic carbocycles. The number of rotatable bonds is 3. The summed E-state index contributed by atoms with van der Waals surface area (Å²) in [5, 5.41) is 3.62. The highest BCUT2D eigenvalue weighted by atomic mass is 16.3. The Balaban J connectivity index is 1.12. The van der Waals surface area contributed by atoms with E-state index in [1.807, 2.05) is 18.2 Å². The van der Waals surface area contributed by atoms with Gasteiger partial charge in [-0.2, -0.15) is 0 Å². The molecule has 2 aliphatic carbocycles. The van der Waals surface area contributed by atoms with Crippen LogP contribution in [0.15, 0.2) is 162 Å². The maximum absolute atomic E-state index is 6.32. The first-order chi connectivity index (χ1) is 24.3. The Hall–Kier alpha value is -6.26. The fourth-order valence-electron chi connectivity index (χ4n) is 8.41. The van der Waals surface area contributed by atoms with E-state index in [0.717, 1.165) is 40.0 Å². The number of aromatic nitrogens is 2. The SMILES string of the molecule is C1=C2Cc3c(ccc4ccccc34)C2=CC2c3ccccc3N(c3nc4c(nc3-c3ccc(-c5ccccc5)cc3)oc3ccccc34)C12. The molecule has 0 fully saturated rings. The molecule has 0 saturated heterocycles. The van der Waals surface area contributed by atoms with Crippen LogP contribution >= 0.6 is 0 Å². The first kappa shape index (κ1) is 26.8. The van der Waals surface area contributed by atoms with Gasteiger partial charge in [-0.3, -0.25) is 0 Å². The van der Waals surface area contributed by atoms with E-state index in [4.69, 9.17) is 14.4 Å². The summed E-state index contributed by atoms with van der Waals surface area (Å²) in [6, 6.07) is 49.5. The third-order valence-corrected chi connectivity index (χ3v) is 10.7. The second kappa shape index (κ2) is 10.1. The number of para-hydroxylation sites is 2. The minimum absolute atomic E-state index is 0.0592. The van der Waals surface area contributed by atoms with Crippen molar-refractivity contribution in [1.82, 2.24) is 9.97 Å². The Bertz CT molecular complexity index is 2700. The van der Waals surface area contributed by atoms with E-state index < -0.39 is 0 Å². The van der Waals surface area contributed by atoms with Gasteiger partial charge in [-0.25, -0.2) is 9.97 Å². The maximum atomic E-state index is 6.32. The standard InChI is InChI=1S/C45H29N3O/c1-2-10-27(11-3-1)28-18-20-30(21-19-28)42-44(46-43-35-15-7-9-17-41(35)49-45(43)47-42)48-39-16-8-6-14-34(39)38-26-36-31(25-40(38)48)24-37-32-13-5-4-12-29(32)22-23-33(36)37/h1-23,25-26,38,40H,24H2. The molecule has 0 radical (unpaired) electrons. The lowest BCUT2D eigenvalue weighted by Crippen LogP contribution is -2.31. The molecular weight excluding hydrogens is 599 g/mol. The third kappa shape index (κ3) is 3.92. The molecule has 2 aromatic heterocycles. The minimum atomic E-state index is 0.0592. The summed E-state index contributed by atoms with van der Waals surface area (Å²) in [4.78, 5) is 13.2. The highest BCUT2D eigenvalue weighted by Crippen LogP contribution is 2.54. The molecule has 0 bridgehead atoms. The van der Waals surface area contributed by atoms with Crippen LogP contribution in [0.3, 0.4) is 0 Å². The Morgan fingerprint density at radius 2 is 1.35 bits per heavy atom. The van der Waals surface area contributed by atoms with Gasteiger partial charge >= 0.3 is 0 Å². The summed E-state index contributed by atoms with van der Waals surface area (Å²) in [7, 11) is 0. The molecule has 4 nitrogen and oxygen atoms in total. The van der Waals surface area contributed by atoms with Gasteiger partial charge in [-0.1, -0.05) is 133 Å². The molecule has 3 aliphatic rings. The van der Waals surface area contributed by atoms with Crippen molar-refractivity contribution in [1.29, 1.82) is 0 Å². The van der Waals surface area contributed by atoms with E-state index in [-0.39, 0.29) is 12.0 Å². The summed E-state index contributed by atoms with van der Waals surface area (Å²) in [5.74, 6) is 1.03. The number of nitrogens with zero attached hydrogens (tertiary/aromatic N) is 3. The molecule has 2 unspecified atom stereocenters. The normalized spacial score (nSPS) is 17.5. The highest BCUT2D eigenvalue weighted by Gasteiger charge is 2.43. The molecule has 0 spiro atoms. The van der Waals surface area contributed by atoms with Crippen molar-refractivity contribution in [3.8, 4) is 22.4 Å². The number of hydrogen-bond donors (Lipinski definition) is 0. The maximum Gasteiger partial charge on any atom is 0.247 e. The average molecular weight is 628 g/mol. The van der Waals surface area contributed by atoms with Gasteiger partial charge in [0.2, 0.25) is 5.71 Å². The molecule has 2 atom stereocenters. The lowest BCUT2D eigenvalue weighted by molar-refractivity contribution is 0.653. The van der Waals surface area contributed by atoms with Gasteiger partial charge in [0, 0.05) is 22.6 Å². The zero-order chi connectivity index (χ0) is 32.1. The van der Waals surface area contributed by atoms with Crippen LogP contribution in [-0.2, 0) is 6.42 Å². The topological polar surface area (TPSA) is 42.2 Å². The summed E-state index contributed by atoms with van der Waals surface area (Å²) in [5.41, 5.74) is 14.4. The van der Waals surface area contributed by atoms with E-state index in [1.54, 1.807) is 0 Å². The molecule has 3 heterocycles. The van der Waals surface area contributed by atoms with Crippen LogP contribution in [0, 0.1) is 0 Å². The molecule has 4 heteroatoms. The van der Waals surface area contributed by atoms with E-state index in [2.05, 4.69) is 138 Å². The molecular formula is C45H29N3O. The van der Waals surface area contributed by atoms with Gasteiger partial charge in [0.05, 0.1) is 6.04 Å². The van der Waals surface area contributed by atoms with Crippen LogP contribution < -0.4 is 4.90 Å². The van der Waals surface area contributed by atoms with Gasteiger partial charge in [-0.15, -0.1) is 0 Å². The zero-order valence-corrected chi connectivity index (χ0v) is 26.5. The smallest absolute Gasteiger partial charge is 0.247 e. The molecule has 230 valence electrons. The van der Waals surface area contributed by atoms with Gasteiger partial charge in [0.15, 0.2) is 5.82 Å². The summed E-state index contributed by atoms with van der Waals surface area (Å²) < 4.78 is 6.32. The van der Waals surface area contributed by atoms with Crippen molar-refractivity contribution in [2.24, 2.45) is 0 Å². The molecule has 8 aromatic rings. The fourth-order valence-corrected chi connectivity index (χ4v) is 8.41. The molecule has 0 saturated carbocycles. The van der Waals surface area contributed by atoms with Crippen molar-refractivity contribution in [3.63, 3.8) is 0 Å². The Morgan fingerprint density at radius 3 is 2.24 bits per heavy atom. The molecule has 49 heavy (non-hydrogen) atoms. The van der Waals surface area contributed by atoms with E-state index in [9.17, 15) is 0 Å². The van der Waals surface area contributed by atoms with Crippen molar-refractivity contribution >= 4 is 50.1 Å². The van der Waals surface area contributed by atoms with E-state index >= 15 is 0 Å². The fraction of sp³-hybridized carbons (Fsp3) is 0.0667. The van der Waals surface area contributed by atoms with Crippen molar-refractivity contribution in [2.75, 3.05) is 4.90 Å². The predicted molar refractivity (Wildman–Crippen MR) is 199 cm³/mol. The minimum Gasteiger partial charge on any atom is -0.436 e. The Morgan fingerprint density at radius 1 is 0.612 bits per heavy atom. The number of hydrogen-bond acceptors (Lipinski definition) is 4. The number of allylic oxidation sites excluding steroid dienone is 2. The number of anilines is 2. The molecule has 0 amide bonds. The molecule has 11 rings (SSSR count). The van der Waals surface area contributed by atoms with Gasteiger partial charge in [-0.05, 0) is 74.4 Å². The van der Waals surface area contributed by atoms with Crippen molar-refractivity contribution in [2.45, 2.75) is 18.4 Å². The molecule has 1 aliphatic heterocycles. The van der Waals surface area contributed by atoms with Crippen LogP contribution in [0.5, 0.6) is 0 Å².